The number of anilines is 2. The Bertz CT molecular complexity index is 566. The van der Waals surface area contributed by atoms with Crippen LogP contribution in [0.5, 0.6) is 0 Å². The van der Waals surface area contributed by atoms with Crippen LogP contribution >= 0.6 is 24.4 Å². The first-order valence-corrected chi connectivity index (χ1v) is 9.02. The molecule has 3 heteroatoms. The lowest BCUT2D eigenvalue weighted by molar-refractivity contribution is 0.538. The molecule has 0 amide bonds. The van der Waals surface area contributed by atoms with Crippen LogP contribution in [0.15, 0.2) is 58.3 Å². The quantitative estimate of drug-likeness (QED) is 0.712. The van der Waals surface area contributed by atoms with Crippen LogP contribution in [0.1, 0.15) is 19.8 Å². The third-order valence-corrected chi connectivity index (χ3v) is 5.57. The molecule has 3 rings (SSSR count). The number of hydrogen-bond donors (Lipinski definition) is 1. The zero-order valence-electron chi connectivity index (χ0n) is 12.3. The van der Waals surface area contributed by atoms with Crippen LogP contribution in [0.25, 0.3) is 0 Å². The predicted octanol–water partition coefficient (Wildman–Crippen LogP) is 5.64. The number of hydrogen-bond acceptors (Lipinski definition) is 3. The summed E-state index contributed by atoms with van der Waals surface area (Å²) in [6.45, 7) is 3.30. The molecule has 0 fully saturated rings. The van der Waals surface area contributed by atoms with Gasteiger partial charge in [-0.3, -0.25) is 0 Å². The molecule has 1 unspecified atom stereocenters. The summed E-state index contributed by atoms with van der Waals surface area (Å²) in [5.74, 6) is 1.57. The number of fused-ring (bicyclic) bond motifs is 2. The molecule has 0 bridgehead atoms. The molecule has 0 spiro atoms. The van der Waals surface area contributed by atoms with Gasteiger partial charge in [-0.15, -0.1) is 0 Å². The summed E-state index contributed by atoms with van der Waals surface area (Å²) < 4.78 is 0. The van der Waals surface area contributed by atoms with Crippen molar-refractivity contribution in [3.05, 3.63) is 48.5 Å². The van der Waals surface area contributed by atoms with Crippen molar-refractivity contribution in [3.63, 3.8) is 0 Å². The Morgan fingerprint density at radius 1 is 1.00 bits per heavy atom. The van der Waals surface area contributed by atoms with E-state index in [-0.39, 0.29) is 0 Å². The van der Waals surface area contributed by atoms with E-state index in [0.717, 1.165) is 12.3 Å². The minimum Gasteiger partial charge on any atom is -0.339 e. The van der Waals surface area contributed by atoms with Gasteiger partial charge in [0.2, 0.25) is 0 Å². The van der Waals surface area contributed by atoms with E-state index >= 15 is 0 Å². The smallest absolute Gasteiger partial charge is 0.0552 e. The molecule has 1 heterocycles. The summed E-state index contributed by atoms with van der Waals surface area (Å²) in [4.78, 5) is 5.19. The van der Waals surface area contributed by atoms with Crippen molar-refractivity contribution < 1.29 is 0 Å². The highest BCUT2D eigenvalue weighted by molar-refractivity contribution is 7.99. The molecule has 0 saturated carbocycles. The molecule has 0 radical (unpaired) electrons. The summed E-state index contributed by atoms with van der Waals surface area (Å²) in [7, 11) is 0. The topological polar surface area (TPSA) is 3.24 Å². The van der Waals surface area contributed by atoms with Gasteiger partial charge in [0.15, 0.2) is 0 Å². The molecule has 1 atom stereocenters. The van der Waals surface area contributed by atoms with Crippen molar-refractivity contribution in [1.29, 1.82) is 0 Å². The molecule has 110 valence electrons. The first kappa shape index (κ1) is 14.9. The minimum absolute atomic E-state index is 0.627. The van der Waals surface area contributed by atoms with E-state index in [1.54, 1.807) is 0 Å². The number of thiol groups is 1. The average molecular weight is 316 g/mol. The zero-order valence-corrected chi connectivity index (χ0v) is 14.0. The van der Waals surface area contributed by atoms with Gasteiger partial charge in [-0.05, 0) is 42.4 Å². The second-order valence-corrected chi connectivity index (χ2v) is 6.93. The second-order valence-electron chi connectivity index (χ2n) is 5.49. The van der Waals surface area contributed by atoms with Crippen molar-refractivity contribution in [3.8, 4) is 0 Å². The summed E-state index contributed by atoms with van der Waals surface area (Å²) >= 11 is 6.43. The Morgan fingerprint density at radius 3 is 2.10 bits per heavy atom. The van der Waals surface area contributed by atoms with Crippen LogP contribution in [0, 0.1) is 5.92 Å². The van der Waals surface area contributed by atoms with Crippen LogP contribution in [0.2, 0.25) is 0 Å². The Hall–Kier alpha value is -1.06. The first-order chi connectivity index (χ1) is 10.3. The monoisotopic (exact) mass is 315 g/mol. The predicted molar refractivity (Wildman–Crippen MR) is 96.3 cm³/mol. The third-order valence-electron chi connectivity index (χ3n) is 3.93. The molecule has 2 aromatic rings. The largest absolute Gasteiger partial charge is 0.339 e. The summed E-state index contributed by atoms with van der Waals surface area (Å²) in [5.41, 5.74) is 2.67. The summed E-state index contributed by atoms with van der Waals surface area (Å²) in [6, 6.07) is 17.4. The third kappa shape index (κ3) is 3.09. The van der Waals surface area contributed by atoms with Crippen LogP contribution in [0.4, 0.5) is 11.4 Å². The van der Waals surface area contributed by atoms with Gasteiger partial charge >= 0.3 is 0 Å². The molecule has 21 heavy (non-hydrogen) atoms. The molecule has 1 nitrogen and oxygen atoms in total. The fourth-order valence-corrected chi connectivity index (χ4v) is 4.28. The normalized spacial score (nSPS) is 14.5. The van der Waals surface area contributed by atoms with Crippen LogP contribution in [-0.2, 0) is 0 Å². The highest BCUT2D eigenvalue weighted by atomic mass is 32.2. The van der Waals surface area contributed by atoms with Crippen molar-refractivity contribution in [2.75, 3.05) is 17.2 Å². The summed E-state index contributed by atoms with van der Waals surface area (Å²) in [5, 5.41) is 0. The van der Waals surface area contributed by atoms with Crippen molar-refractivity contribution in [1.82, 2.24) is 0 Å². The van der Waals surface area contributed by atoms with Gasteiger partial charge in [-0.2, -0.15) is 12.6 Å². The first-order valence-electron chi connectivity index (χ1n) is 7.57. The Kier molecular flexibility index (Phi) is 4.81. The number of rotatable bonds is 5. The molecule has 0 aliphatic carbocycles. The molecule has 2 aromatic carbocycles. The maximum Gasteiger partial charge on any atom is 0.0552 e. The molecule has 0 saturated heterocycles. The van der Waals surface area contributed by atoms with Gasteiger partial charge in [-0.1, -0.05) is 49.4 Å². The van der Waals surface area contributed by atoms with Gasteiger partial charge in [0.1, 0.15) is 0 Å². The maximum atomic E-state index is 4.56. The molecular weight excluding hydrogens is 294 g/mol. The lowest BCUT2D eigenvalue weighted by atomic mass is 10.0. The Balaban J connectivity index is 1.98. The van der Waals surface area contributed by atoms with Crippen molar-refractivity contribution in [2.45, 2.75) is 29.6 Å². The SMILES string of the molecule is CCCC(CS)CN1c2ccccc2Sc2ccccc21. The van der Waals surface area contributed by atoms with Crippen LogP contribution in [0.3, 0.4) is 0 Å². The van der Waals surface area contributed by atoms with E-state index in [4.69, 9.17) is 0 Å². The Labute approximate surface area is 137 Å². The van der Waals surface area contributed by atoms with Crippen molar-refractivity contribution >= 4 is 35.8 Å². The van der Waals surface area contributed by atoms with E-state index in [1.807, 2.05) is 11.8 Å². The highest BCUT2D eigenvalue weighted by Gasteiger charge is 2.24. The van der Waals surface area contributed by atoms with E-state index in [1.165, 1.54) is 34.0 Å². The van der Waals surface area contributed by atoms with E-state index in [0.29, 0.717) is 5.92 Å². The van der Waals surface area contributed by atoms with E-state index in [9.17, 15) is 0 Å². The lowest BCUT2D eigenvalue weighted by Gasteiger charge is -2.35. The molecule has 0 N–H and O–H groups in total. The molecule has 1 aliphatic heterocycles. The fraction of sp³-hybridized carbons (Fsp3) is 0.333. The number of benzene rings is 2. The van der Waals surface area contributed by atoms with Gasteiger partial charge in [0.25, 0.3) is 0 Å². The van der Waals surface area contributed by atoms with E-state index < -0.39 is 0 Å². The fourth-order valence-electron chi connectivity index (χ4n) is 2.88. The van der Waals surface area contributed by atoms with Crippen LogP contribution in [-0.4, -0.2) is 12.3 Å². The molecule has 1 aliphatic rings. The standard InChI is InChI=1S/C18H21NS2/c1-2-7-14(13-20)12-19-15-8-3-5-10-17(15)21-18-11-6-4-9-16(18)19/h3-6,8-11,14,20H,2,7,12-13H2,1H3. The molecule has 0 aromatic heterocycles. The minimum atomic E-state index is 0.627. The van der Waals surface area contributed by atoms with E-state index in [2.05, 4.69) is 73.0 Å². The Morgan fingerprint density at radius 2 is 1.57 bits per heavy atom. The second kappa shape index (κ2) is 6.80. The summed E-state index contributed by atoms with van der Waals surface area (Å²) in [6.07, 6.45) is 2.45. The number of para-hydroxylation sites is 2. The van der Waals surface area contributed by atoms with Crippen molar-refractivity contribution in [2.24, 2.45) is 5.92 Å². The van der Waals surface area contributed by atoms with Gasteiger partial charge in [0, 0.05) is 16.3 Å². The van der Waals surface area contributed by atoms with Gasteiger partial charge in [0.05, 0.1) is 11.4 Å². The van der Waals surface area contributed by atoms with Gasteiger partial charge < -0.3 is 4.90 Å². The highest BCUT2D eigenvalue weighted by Crippen LogP contribution is 2.48. The average Bonchev–Trinajstić information content (AvgIpc) is 2.53. The van der Waals surface area contributed by atoms with Gasteiger partial charge in [-0.25, -0.2) is 0 Å². The maximum absolute atomic E-state index is 4.56. The number of nitrogens with zero attached hydrogens (tertiary/aromatic N) is 1. The lowest BCUT2D eigenvalue weighted by Crippen LogP contribution is -2.28. The zero-order chi connectivity index (χ0) is 14.7. The van der Waals surface area contributed by atoms with Crippen LogP contribution < -0.4 is 4.90 Å². The molecular formula is C18H21NS2.